The van der Waals surface area contributed by atoms with Crippen LogP contribution >= 0.6 is 16.8 Å². The van der Waals surface area contributed by atoms with E-state index in [1.165, 1.54) is 50.5 Å². The molecule has 3 amide bonds. The first-order valence-electron chi connectivity index (χ1n) is 19.8. The van der Waals surface area contributed by atoms with E-state index in [-0.39, 0.29) is 38.6 Å². The van der Waals surface area contributed by atoms with Crippen LogP contribution in [-0.4, -0.2) is 85.2 Å². The molecule has 2 aromatic rings. The van der Waals surface area contributed by atoms with Crippen LogP contribution in [0.4, 0.5) is 0 Å². The Morgan fingerprint density at radius 1 is 0.857 bits per heavy atom. The molecule has 0 aliphatic carbocycles. The number of methoxy groups -OCH3 is 2. The quantitative estimate of drug-likeness (QED) is 0.0662. The summed E-state index contributed by atoms with van der Waals surface area (Å²) in [6.45, 7) is 18.5. The maximum absolute atomic E-state index is 12.3. The largest absolute Gasteiger partial charge is 0.385 e. The van der Waals surface area contributed by atoms with Gasteiger partial charge in [0, 0.05) is 59.4 Å². The highest BCUT2D eigenvalue weighted by Gasteiger charge is 2.22. The van der Waals surface area contributed by atoms with Crippen LogP contribution in [0.2, 0.25) is 0 Å². The monoisotopic (exact) mass is 828 g/mol. The van der Waals surface area contributed by atoms with E-state index >= 15 is 0 Å². The Kier molecular flexibility index (Phi) is 42.8. The summed E-state index contributed by atoms with van der Waals surface area (Å²) >= 11 is 0. The fourth-order valence-corrected chi connectivity index (χ4v) is 5.64. The molecule has 1 aromatic carbocycles. The number of ether oxygens (including phenoxy) is 2. The van der Waals surface area contributed by atoms with E-state index in [1.807, 2.05) is 25.1 Å². The van der Waals surface area contributed by atoms with Gasteiger partial charge in [-0.1, -0.05) is 110 Å². The van der Waals surface area contributed by atoms with Crippen molar-refractivity contribution < 1.29 is 37.8 Å². The lowest BCUT2D eigenvalue weighted by molar-refractivity contribution is -0.122. The molecular formula is C41H75N5O8P2. The number of aromatic nitrogens is 2. The van der Waals surface area contributed by atoms with E-state index in [2.05, 4.69) is 91.0 Å². The zero-order chi connectivity index (χ0) is 43.0. The van der Waals surface area contributed by atoms with Crippen LogP contribution < -0.4 is 16.0 Å². The summed E-state index contributed by atoms with van der Waals surface area (Å²) in [4.78, 5) is 52.4. The van der Waals surface area contributed by atoms with Crippen molar-refractivity contribution >= 4 is 34.6 Å². The van der Waals surface area contributed by atoms with Crippen molar-refractivity contribution in [1.29, 1.82) is 0 Å². The van der Waals surface area contributed by atoms with Crippen LogP contribution in [0.1, 0.15) is 129 Å². The third-order valence-corrected chi connectivity index (χ3v) is 9.53. The highest BCUT2D eigenvalue weighted by molar-refractivity contribution is 7.57. The van der Waals surface area contributed by atoms with Crippen molar-refractivity contribution in [3.63, 3.8) is 0 Å². The van der Waals surface area contributed by atoms with Gasteiger partial charge in [0.2, 0.25) is 20.2 Å². The molecule has 0 aliphatic rings. The average molecular weight is 828 g/mol. The van der Waals surface area contributed by atoms with Crippen LogP contribution in [0.25, 0.3) is 0 Å². The van der Waals surface area contributed by atoms with Gasteiger partial charge >= 0.3 is 0 Å². The molecule has 1 aromatic heterocycles. The third kappa shape index (κ3) is 36.7. The molecule has 2 rings (SSSR count). The van der Waals surface area contributed by atoms with Gasteiger partial charge in [-0.15, -0.1) is 0 Å². The SMILES string of the molecule is CCC.CCCCC(=O)NC(P=O)P(O)OC.CCCCOC.COCCCC[C@@H](C)C(CC(C)C)NC(=O)CNC(=O)c1cnccn1.Cc1ccccc1. The van der Waals surface area contributed by atoms with Gasteiger partial charge in [0.25, 0.3) is 5.91 Å². The molecular weight excluding hydrogens is 752 g/mol. The van der Waals surface area contributed by atoms with Crippen molar-refractivity contribution in [2.24, 2.45) is 11.8 Å². The fraction of sp³-hybridized carbons (Fsp3) is 0.683. The van der Waals surface area contributed by atoms with Crippen LogP contribution in [0.5, 0.6) is 0 Å². The number of amides is 3. The Hall–Kier alpha value is -2.92. The smallest absolute Gasteiger partial charge is 0.271 e. The molecule has 1 heterocycles. The Labute approximate surface area is 341 Å². The molecule has 4 N–H and O–H groups in total. The second kappa shape index (κ2) is 41.7. The van der Waals surface area contributed by atoms with Crippen molar-refractivity contribution in [1.82, 2.24) is 25.9 Å². The zero-order valence-corrected chi connectivity index (χ0v) is 38.0. The summed E-state index contributed by atoms with van der Waals surface area (Å²) in [7, 11) is 2.57. The van der Waals surface area contributed by atoms with E-state index < -0.39 is 19.8 Å². The van der Waals surface area contributed by atoms with E-state index in [0.29, 0.717) is 18.3 Å². The van der Waals surface area contributed by atoms with Gasteiger partial charge in [-0.3, -0.25) is 23.9 Å². The normalized spacial score (nSPS) is 12.3. The number of benzene rings is 1. The summed E-state index contributed by atoms with van der Waals surface area (Å²) in [6.07, 6.45) is 14.1. The van der Waals surface area contributed by atoms with Gasteiger partial charge in [0.15, 0.2) is 14.0 Å². The van der Waals surface area contributed by atoms with Crippen LogP contribution in [0, 0.1) is 18.8 Å². The van der Waals surface area contributed by atoms with Gasteiger partial charge in [-0.2, -0.15) is 0 Å². The Bertz CT molecular complexity index is 1200. The third-order valence-electron chi connectivity index (χ3n) is 7.41. The number of nitrogens with zero attached hydrogens (tertiary/aromatic N) is 2. The van der Waals surface area contributed by atoms with E-state index in [0.717, 1.165) is 51.7 Å². The van der Waals surface area contributed by atoms with Crippen LogP contribution in [-0.2, 0) is 28.2 Å². The molecule has 3 unspecified atom stereocenters. The molecule has 0 bridgehead atoms. The van der Waals surface area contributed by atoms with Gasteiger partial charge < -0.3 is 34.8 Å². The van der Waals surface area contributed by atoms with Gasteiger partial charge in [-0.05, 0) is 50.9 Å². The van der Waals surface area contributed by atoms with Crippen LogP contribution in [0.15, 0.2) is 48.9 Å². The molecule has 56 heavy (non-hydrogen) atoms. The molecule has 13 nitrogen and oxygen atoms in total. The molecule has 4 atom stereocenters. The second-order valence-corrected chi connectivity index (χ2v) is 16.0. The van der Waals surface area contributed by atoms with Gasteiger partial charge in [0.1, 0.15) is 5.69 Å². The Morgan fingerprint density at radius 2 is 1.46 bits per heavy atom. The number of hydrogen-bond acceptors (Lipinski definition) is 10. The molecule has 0 fully saturated rings. The summed E-state index contributed by atoms with van der Waals surface area (Å²) in [5.74, 6) is 0.0570. The maximum atomic E-state index is 12.3. The molecule has 0 aliphatic heterocycles. The minimum absolute atomic E-state index is 0.0691. The number of carbonyl (C=O) groups is 3. The number of aryl methyl sites for hydroxylation is 1. The van der Waals surface area contributed by atoms with Crippen LogP contribution in [0.3, 0.4) is 0 Å². The Morgan fingerprint density at radius 3 is 1.91 bits per heavy atom. The summed E-state index contributed by atoms with van der Waals surface area (Å²) in [6, 6.07) is 10.4. The predicted octanol–water partition coefficient (Wildman–Crippen LogP) is 8.85. The molecule has 15 heteroatoms. The molecule has 322 valence electrons. The van der Waals surface area contributed by atoms with Crippen molar-refractivity contribution in [3.8, 4) is 0 Å². The summed E-state index contributed by atoms with van der Waals surface area (Å²) < 4.78 is 25.0. The fourth-order valence-electron chi connectivity index (χ4n) is 4.38. The standard InChI is InChI=1S/C19H32N4O3.C7H15NO4P2.C7H8.C5H12O.C3H8/c1-14(2)11-16(15(3)7-5-6-10-26-4)23-18(24)13-22-19(25)17-12-20-8-9-21-17;1-3-4-5-6(9)8-7(13-10)14(11)12-2;1-7-5-3-2-4-6-7;1-3-4-5-6-2;1-3-2/h8-9,12,14-16H,5-7,10-11,13H2,1-4H3,(H,22,25)(H,23,24);7,11H,3-5H2,1-2H3,(H,8,9);2-6H,1H3;3-5H2,1-2H3;3H2,1-2H3/t15-,16?;;;;/m1..../s1. The lowest BCUT2D eigenvalue weighted by Crippen LogP contribution is -2.45. The van der Waals surface area contributed by atoms with Gasteiger partial charge in [-0.25, -0.2) is 4.98 Å². The highest BCUT2D eigenvalue weighted by atomic mass is 31.2. The first kappa shape index (κ1) is 57.4. The minimum atomic E-state index is -1.85. The first-order chi connectivity index (χ1) is 26.8. The lowest BCUT2D eigenvalue weighted by Gasteiger charge is -2.27. The van der Waals surface area contributed by atoms with Crippen molar-refractivity contribution in [2.75, 3.05) is 41.1 Å². The highest BCUT2D eigenvalue weighted by Crippen LogP contribution is 2.40. The first-order valence-corrected chi connectivity index (χ1v) is 21.9. The van der Waals surface area contributed by atoms with E-state index in [4.69, 9.17) is 9.47 Å². The molecule has 0 spiro atoms. The number of carbonyl (C=O) groups excluding carboxylic acids is 3. The topological polar surface area (TPSA) is 178 Å². The average Bonchev–Trinajstić information content (AvgIpc) is 3.19. The van der Waals surface area contributed by atoms with E-state index in [1.54, 1.807) is 14.2 Å². The number of hydrogen-bond donors (Lipinski definition) is 4. The molecule has 0 saturated heterocycles. The second-order valence-electron chi connectivity index (χ2n) is 13.4. The summed E-state index contributed by atoms with van der Waals surface area (Å²) in [5, 5.41) is 8.10. The zero-order valence-electron chi connectivity index (χ0n) is 36.2. The Balaban J connectivity index is -0.000000772. The lowest BCUT2D eigenvalue weighted by atomic mass is 9.89. The summed E-state index contributed by atoms with van der Waals surface area (Å²) in [5.41, 5.74) is 0.701. The minimum Gasteiger partial charge on any atom is -0.385 e. The van der Waals surface area contributed by atoms with E-state index in [9.17, 15) is 23.8 Å². The molecule has 0 radical (unpaired) electrons. The number of nitrogens with one attached hydrogen (secondary N) is 3. The maximum Gasteiger partial charge on any atom is 0.271 e. The predicted molar refractivity (Wildman–Crippen MR) is 230 cm³/mol. The molecule has 0 saturated carbocycles. The van der Waals surface area contributed by atoms with Crippen molar-refractivity contribution in [2.45, 2.75) is 131 Å². The number of unbranched alkanes of at least 4 members (excludes halogenated alkanes) is 3. The van der Waals surface area contributed by atoms with Gasteiger partial charge in [0.05, 0.1) is 12.7 Å². The van der Waals surface area contributed by atoms with Crippen molar-refractivity contribution in [3.05, 3.63) is 60.2 Å². The number of rotatable bonds is 22.